The number of carbonyl (C=O) groups excluding carboxylic acids is 2. The first kappa shape index (κ1) is 19.0. The van der Waals surface area contributed by atoms with E-state index in [0.717, 1.165) is 6.07 Å². The SMILES string of the molecule is COC(=O)C1CCC(NC(=O)c2cccn3c(=O)c4cc(F)ccc4nc23)CC1. The van der Waals surface area contributed by atoms with Crippen LogP contribution in [0, 0.1) is 11.7 Å². The van der Waals surface area contributed by atoms with E-state index in [4.69, 9.17) is 4.74 Å². The lowest BCUT2D eigenvalue weighted by Crippen LogP contribution is -2.39. The molecular formula is C21H20FN3O4. The summed E-state index contributed by atoms with van der Waals surface area (Å²) < 4.78 is 19.6. The van der Waals surface area contributed by atoms with Gasteiger partial charge in [0, 0.05) is 12.2 Å². The van der Waals surface area contributed by atoms with Crippen molar-refractivity contribution in [1.82, 2.24) is 14.7 Å². The molecule has 0 aliphatic heterocycles. The van der Waals surface area contributed by atoms with E-state index < -0.39 is 11.4 Å². The summed E-state index contributed by atoms with van der Waals surface area (Å²) in [5, 5.41) is 3.13. The van der Waals surface area contributed by atoms with Gasteiger partial charge in [-0.25, -0.2) is 9.37 Å². The molecule has 0 unspecified atom stereocenters. The molecule has 4 rings (SSSR count). The van der Waals surface area contributed by atoms with E-state index >= 15 is 0 Å². The number of aromatic nitrogens is 2. The molecule has 0 atom stereocenters. The number of pyridine rings is 1. The number of fused-ring (bicyclic) bond motifs is 2. The summed E-state index contributed by atoms with van der Waals surface area (Å²) in [6, 6.07) is 6.92. The quantitative estimate of drug-likeness (QED) is 0.542. The zero-order chi connectivity index (χ0) is 20.5. The van der Waals surface area contributed by atoms with Gasteiger partial charge in [-0.1, -0.05) is 0 Å². The van der Waals surface area contributed by atoms with E-state index in [1.807, 2.05) is 0 Å². The van der Waals surface area contributed by atoms with Crippen LogP contribution in [0.1, 0.15) is 36.0 Å². The third-order valence-corrected chi connectivity index (χ3v) is 5.44. The summed E-state index contributed by atoms with van der Waals surface area (Å²) in [5.74, 6) is -1.20. The third kappa shape index (κ3) is 3.57. The molecule has 1 aliphatic rings. The Labute approximate surface area is 165 Å². The number of nitrogens with zero attached hydrogens (tertiary/aromatic N) is 2. The topological polar surface area (TPSA) is 89.8 Å². The van der Waals surface area contributed by atoms with Crippen LogP contribution in [0.2, 0.25) is 0 Å². The first-order valence-corrected chi connectivity index (χ1v) is 9.47. The highest BCUT2D eigenvalue weighted by molar-refractivity contribution is 6.00. The minimum Gasteiger partial charge on any atom is -0.469 e. The molecule has 8 heteroatoms. The van der Waals surface area contributed by atoms with Gasteiger partial charge in [0.05, 0.1) is 29.5 Å². The van der Waals surface area contributed by atoms with Crippen LogP contribution < -0.4 is 10.9 Å². The Balaban J connectivity index is 1.62. The Kier molecular flexibility index (Phi) is 5.00. The molecule has 1 fully saturated rings. The predicted molar refractivity (Wildman–Crippen MR) is 104 cm³/mol. The summed E-state index contributed by atoms with van der Waals surface area (Å²) in [6.45, 7) is 0. The number of carbonyl (C=O) groups is 2. The lowest BCUT2D eigenvalue weighted by molar-refractivity contribution is -0.146. The average molecular weight is 397 g/mol. The molecular weight excluding hydrogens is 377 g/mol. The molecule has 150 valence electrons. The Bertz CT molecular complexity index is 1170. The zero-order valence-corrected chi connectivity index (χ0v) is 15.9. The van der Waals surface area contributed by atoms with E-state index in [1.165, 1.54) is 29.8 Å². The van der Waals surface area contributed by atoms with E-state index in [-0.39, 0.29) is 40.4 Å². The number of methoxy groups -OCH3 is 1. The summed E-state index contributed by atoms with van der Waals surface area (Å²) in [4.78, 5) is 41.7. The van der Waals surface area contributed by atoms with Crippen molar-refractivity contribution in [2.24, 2.45) is 5.92 Å². The van der Waals surface area contributed by atoms with Crippen molar-refractivity contribution in [2.75, 3.05) is 7.11 Å². The van der Waals surface area contributed by atoms with Crippen LogP contribution in [0.25, 0.3) is 16.6 Å². The van der Waals surface area contributed by atoms with E-state index in [0.29, 0.717) is 31.2 Å². The first-order valence-electron chi connectivity index (χ1n) is 9.47. The van der Waals surface area contributed by atoms with Gasteiger partial charge in [-0.15, -0.1) is 0 Å². The number of rotatable bonds is 3. The van der Waals surface area contributed by atoms with Gasteiger partial charge in [-0.2, -0.15) is 0 Å². The number of hydrogen-bond acceptors (Lipinski definition) is 5. The number of halogens is 1. The fourth-order valence-corrected chi connectivity index (χ4v) is 3.88. The van der Waals surface area contributed by atoms with Gasteiger partial charge in [0.2, 0.25) is 0 Å². The molecule has 0 saturated heterocycles. The average Bonchev–Trinajstić information content (AvgIpc) is 2.74. The molecule has 1 saturated carbocycles. The second kappa shape index (κ2) is 7.62. The van der Waals surface area contributed by atoms with Crippen LogP contribution in [0.5, 0.6) is 0 Å². The molecule has 2 heterocycles. The number of benzene rings is 1. The molecule has 29 heavy (non-hydrogen) atoms. The molecule has 1 aliphatic carbocycles. The maximum absolute atomic E-state index is 13.5. The molecule has 1 N–H and O–H groups in total. The Morgan fingerprint density at radius 3 is 2.69 bits per heavy atom. The Hall–Kier alpha value is -3.29. The standard InChI is InChI=1S/C21H20FN3O4/c1-29-21(28)12-4-7-14(8-5-12)23-19(26)15-3-2-10-25-18(15)24-17-9-6-13(22)11-16(17)20(25)27/h2-3,6,9-12,14H,4-5,7-8H2,1H3,(H,23,26). The number of hydrogen-bond donors (Lipinski definition) is 1. The number of amides is 1. The maximum Gasteiger partial charge on any atom is 0.308 e. The minimum absolute atomic E-state index is 0.0649. The van der Waals surface area contributed by atoms with Gasteiger partial charge in [0.15, 0.2) is 5.65 Å². The normalized spacial score (nSPS) is 19.2. The highest BCUT2D eigenvalue weighted by atomic mass is 19.1. The van der Waals surface area contributed by atoms with Crippen molar-refractivity contribution in [3.8, 4) is 0 Å². The molecule has 1 amide bonds. The van der Waals surface area contributed by atoms with Gasteiger partial charge in [0.1, 0.15) is 5.82 Å². The van der Waals surface area contributed by atoms with Gasteiger partial charge in [-0.05, 0) is 56.0 Å². The van der Waals surface area contributed by atoms with E-state index in [2.05, 4.69) is 10.3 Å². The van der Waals surface area contributed by atoms with Crippen molar-refractivity contribution in [2.45, 2.75) is 31.7 Å². The first-order chi connectivity index (χ1) is 14.0. The second-order valence-corrected chi connectivity index (χ2v) is 7.24. The van der Waals surface area contributed by atoms with Crippen molar-refractivity contribution in [3.63, 3.8) is 0 Å². The number of esters is 1. The highest BCUT2D eigenvalue weighted by Crippen LogP contribution is 2.25. The van der Waals surface area contributed by atoms with Crippen LogP contribution in [0.4, 0.5) is 4.39 Å². The van der Waals surface area contributed by atoms with E-state index in [1.54, 1.807) is 12.1 Å². The monoisotopic (exact) mass is 397 g/mol. The summed E-state index contributed by atoms with van der Waals surface area (Å²) >= 11 is 0. The molecule has 3 aromatic rings. The Morgan fingerprint density at radius 1 is 1.21 bits per heavy atom. The van der Waals surface area contributed by atoms with Crippen molar-refractivity contribution in [3.05, 3.63) is 58.3 Å². The molecule has 0 bridgehead atoms. The van der Waals surface area contributed by atoms with Crippen LogP contribution in [-0.2, 0) is 9.53 Å². The molecule has 0 spiro atoms. The van der Waals surface area contributed by atoms with Crippen LogP contribution in [0.3, 0.4) is 0 Å². The van der Waals surface area contributed by atoms with Crippen molar-refractivity contribution >= 4 is 28.4 Å². The fourth-order valence-electron chi connectivity index (χ4n) is 3.88. The lowest BCUT2D eigenvalue weighted by Gasteiger charge is -2.27. The summed E-state index contributed by atoms with van der Waals surface area (Å²) in [6.07, 6.45) is 4.16. The Morgan fingerprint density at radius 2 is 1.97 bits per heavy atom. The lowest BCUT2D eigenvalue weighted by atomic mass is 9.86. The van der Waals surface area contributed by atoms with Crippen LogP contribution >= 0.6 is 0 Å². The van der Waals surface area contributed by atoms with Gasteiger partial charge >= 0.3 is 5.97 Å². The predicted octanol–water partition coefficient (Wildman–Crippen LogP) is 2.45. The van der Waals surface area contributed by atoms with Crippen LogP contribution in [-0.4, -0.2) is 34.4 Å². The maximum atomic E-state index is 13.5. The smallest absolute Gasteiger partial charge is 0.308 e. The number of nitrogens with one attached hydrogen (secondary N) is 1. The molecule has 1 aromatic carbocycles. The summed E-state index contributed by atoms with van der Waals surface area (Å²) in [5.41, 5.74) is 0.385. The van der Waals surface area contributed by atoms with E-state index in [9.17, 15) is 18.8 Å². The molecule has 0 radical (unpaired) electrons. The third-order valence-electron chi connectivity index (χ3n) is 5.44. The second-order valence-electron chi connectivity index (χ2n) is 7.24. The summed E-state index contributed by atoms with van der Waals surface area (Å²) in [7, 11) is 1.38. The van der Waals surface area contributed by atoms with Gasteiger partial charge in [0.25, 0.3) is 11.5 Å². The highest BCUT2D eigenvalue weighted by Gasteiger charge is 2.28. The van der Waals surface area contributed by atoms with Crippen LogP contribution in [0.15, 0.2) is 41.3 Å². The molecule has 2 aromatic heterocycles. The van der Waals surface area contributed by atoms with Crippen molar-refractivity contribution in [1.29, 1.82) is 0 Å². The van der Waals surface area contributed by atoms with Gasteiger partial charge < -0.3 is 10.1 Å². The minimum atomic E-state index is -0.521. The van der Waals surface area contributed by atoms with Gasteiger partial charge in [-0.3, -0.25) is 18.8 Å². The largest absolute Gasteiger partial charge is 0.469 e. The van der Waals surface area contributed by atoms with Crippen molar-refractivity contribution < 1.29 is 18.7 Å². The number of ether oxygens (including phenoxy) is 1. The zero-order valence-electron chi connectivity index (χ0n) is 15.9. The molecule has 7 nitrogen and oxygen atoms in total. The fraction of sp³-hybridized carbons (Fsp3) is 0.333.